The molecule has 0 bridgehead atoms. The number of piperidine rings is 2. The van der Waals surface area contributed by atoms with Crippen LogP contribution in [0.4, 0.5) is 18.9 Å². The van der Waals surface area contributed by atoms with Crippen LogP contribution in [0.5, 0.6) is 11.5 Å². The number of aryl methyl sites for hydroxylation is 1. The fraction of sp³-hybridized carbons (Fsp3) is 0.406. The molecule has 0 aliphatic carbocycles. The van der Waals surface area contributed by atoms with Crippen molar-refractivity contribution in [3.63, 3.8) is 0 Å². The second kappa shape index (κ2) is 12.4. The lowest BCUT2D eigenvalue weighted by molar-refractivity contribution is -0.117. The number of carbonyl (C=O) groups is 1. The number of amides is 1. The monoisotopic (exact) mass is 551 g/mol. The smallest absolute Gasteiger partial charge is 0.224 e. The van der Waals surface area contributed by atoms with E-state index in [-0.39, 0.29) is 17.1 Å². The van der Waals surface area contributed by atoms with E-state index < -0.39 is 17.5 Å². The van der Waals surface area contributed by atoms with E-state index in [1.165, 1.54) is 11.1 Å². The topological polar surface area (TPSA) is 62.4 Å². The molecule has 212 valence electrons. The van der Waals surface area contributed by atoms with Gasteiger partial charge in [-0.05, 0) is 112 Å². The number of anilines is 1. The Labute approximate surface area is 233 Å². The number of hydrogen-bond donors (Lipinski definition) is 3. The van der Waals surface area contributed by atoms with Crippen LogP contribution in [0.15, 0.2) is 54.6 Å². The van der Waals surface area contributed by atoms with E-state index in [0.717, 1.165) is 69.5 Å². The Balaban J connectivity index is 1.33. The van der Waals surface area contributed by atoms with Crippen LogP contribution in [-0.2, 0) is 16.6 Å². The quantitative estimate of drug-likeness (QED) is 0.284. The lowest BCUT2D eigenvalue weighted by atomic mass is 9.68. The Morgan fingerprint density at radius 2 is 1.57 bits per heavy atom. The molecule has 0 saturated carbocycles. The maximum Gasteiger partial charge on any atom is 0.224 e. The molecule has 2 aliphatic rings. The van der Waals surface area contributed by atoms with Gasteiger partial charge in [0.15, 0.2) is 23.2 Å². The van der Waals surface area contributed by atoms with Gasteiger partial charge in [-0.1, -0.05) is 18.2 Å². The Morgan fingerprint density at radius 1 is 0.900 bits per heavy atom. The molecule has 3 N–H and O–H groups in total. The Kier molecular flexibility index (Phi) is 8.76. The zero-order valence-corrected chi connectivity index (χ0v) is 22.8. The van der Waals surface area contributed by atoms with Crippen LogP contribution < -0.4 is 20.7 Å². The molecule has 0 unspecified atom stereocenters. The first kappa shape index (κ1) is 28.2. The molecule has 0 atom stereocenters. The highest BCUT2D eigenvalue weighted by Gasteiger charge is 2.35. The van der Waals surface area contributed by atoms with Crippen molar-refractivity contribution in [2.45, 2.75) is 50.9 Å². The van der Waals surface area contributed by atoms with Crippen molar-refractivity contribution in [1.29, 1.82) is 0 Å². The van der Waals surface area contributed by atoms with Crippen LogP contribution in [0, 0.1) is 30.3 Å². The van der Waals surface area contributed by atoms with E-state index in [1.54, 1.807) is 12.1 Å². The van der Waals surface area contributed by atoms with Crippen LogP contribution in [0.1, 0.15) is 48.8 Å². The summed E-state index contributed by atoms with van der Waals surface area (Å²) in [5.74, 6) is -2.93. The van der Waals surface area contributed by atoms with E-state index in [9.17, 15) is 18.0 Å². The molecular weight excluding hydrogens is 515 g/mol. The normalized spacial score (nSPS) is 17.4. The SMILES string of the molecule is Cc1ccc(NC(=O)CC2CCNCC2)cc1C1(Cc2ccc(Oc3cc(F)c(F)cc3F)cc2)CCNCC1. The molecule has 2 aliphatic heterocycles. The molecule has 5 nitrogen and oxygen atoms in total. The second-order valence-corrected chi connectivity index (χ2v) is 11.1. The van der Waals surface area contributed by atoms with Crippen molar-refractivity contribution in [2.24, 2.45) is 5.92 Å². The summed E-state index contributed by atoms with van der Waals surface area (Å²) in [6.45, 7) is 5.84. The average molecular weight is 552 g/mol. The van der Waals surface area contributed by atoms with Crippen LogP contribution in [0.2, 0.25) is 0 Å². The first-order chi connectivity index (χ1) is 19.3. The highest BCUT2D eigenvalue weighted by Crippen LogP contribution is 2.40. The van der Waals surface area contributed by atoms with Crippen LogP contribution in [0.3, 0.4) is 0 Å². The van der Waals surface area contributed by atoms with Gasteiger partial charge in [-0.15, -0.1) is 0 Å². The van der Waals surface area contributed by atoms with Crippen molar-refractivity contribution < 1.29 is 22.7 Å². The van der Waals surface area contributed by atoms with Crippen molar-refractivity contribution in [3.8, 4) is 11.5 Å². The van der Waals surface area contributed by atoms with Gasteiger partial charge in [-0.3, -0.25) is 4.79 Å². The minimum absolute atomic E-state index is 0.0640. The van der Waals surface area contributed by atoms with E-state index >= 15 is 0 Å². The molecule has 0 aromatic heterocycles. The van der Waals surface area contributed by atoms with E-state index in [4.69, 9.17) is 4.74 Å². The van der Waals surface area contributed by atoms with Gasteiger partial charge < -0.3 is 20.7 Å². The van der Waals surface area contributed by atoms with Gasteiger partial charge in [0.25, 0.3) is 0 Å². The summed E-state index contributed by atoms with van der Waals surface area (Å²) in [5, 5.41) is 9.96. The van der Waals surface area contributed by atoms with Gasteiger partial charge in [0, 0.05) is 29.7 Å². The molecule has 2 heterocycles. The van der Waals surface area contributed by atoms with Gasteiger partial charge in [0.1, 0.15) is 5.75 Å². The number of carbonyl (C=O) groups excluding carboxylic acids is 1. The van der Waals surface area contributed by atoms with Gasteiger partial charge in [-0.2, -0.15) is 0 Å². The maximum atomic E-state index is 14.0. The molecule has 3 aromatic carbocycles. The summed E-state index contributed by atoms with van der Waals surface area (Å²) in [6, 6.07) is 14.7. The number of rotatable bonds is 8. The van der Waals surface area contributed by atoms with Crippen molar-refractivity contribution in [3.05, 3.63) is 88.7 Å². The first-order valence-electron chi connectivity index (χ1n) is 14.1. The lowest BCUT2D eigenvalue weighted by Crippen LogP contribution is -2.42. The molecule has 2 fully saturated rings. The fourth-order valence-corrected chi connectivity index (χ4v) is 6.05. The Morgan fingerprint density at radius 3 is 2.30 bits per heavy atom. The van der Waals surface area contributed by atoms with E-state index in [0.29, 0.717) is 30.2 Å². The number of nitrogens with one attached hydrogen (secondary N) is 3. The van der Waals surface area contributed by atoms with Crippen LogP contribution in [0.25, 0.3) is 0 Å². The zero-order chi connectivity index (χ0) is 28.1. The molecule has 8 heteroatoms. The zero-order valence-electron chi connectivity index (χ0n) is 22.8. The highest BCUT2D eigenvalue weighted by atomic mass is 19.2. The fourth-order valence-electron chi connectivity index (χ4n) is 6.05. The average Bonchev–Trinajstić information content (AvgIpc) is 2.95. The highest BCUT2D eigenvalue weighted by molar-refractivity contribution is 5.91. The predicted molar refractivity (Wildman–Crippen MR) is 150 cm³/mol. The largest absolute Gasteiger partial charge is 0.454 e. The Hall–Kier alpha value is -3.36. The standard InChI is InChI=1S/C32H36F3N3O2/c1-21-2-5-24(38-31(39)16-22-8-12-36-13-9-22)17-26(21)32(10-14-37-15-11-32)20-23-3-6-25(7-4-23)40-30-19-28(34)27(33)18-29(30)35/h2-7,17-19,22,36-37H,8-16,20H2,1H3,(H,38,39). The van der Waals surface area contributed by atoms with E-state index in [2.05, 4.69) is 35.0 Å². The first-order valence-corrected chi connectivity index (χ1v) is 14.1. The molecule has 3 aromatic rings. The number of ether oxygens (including phenoxy) is 1. The predicted octanol–water partition coefficient (Wildman–Crippen LogP) is 6.40. The third kappa shape index (κ3) is 6.67. The summed E-state index contributed by atoms with van der Waals surface area (Å²) in [6.07, 6.45) is 5.27. The van der Waals surface area contributed by atoms with E-state index in [1.807, 2.05) is 18.2 Å². The van der Waals surface area contributed by atoms with Gasteiger partial charge in [0.2, 0.25) is 5.91 Å². The summed E-state index contributed by atoms with van der Waals surface area (Å²) >= 11 is 0. The van der Waals surface area contributed by atoms with Crippen molar-refractivity contribution in [2.75, 3.05) is 31.5 Å². The van der Waals surface area contributed by atoms with Gasteiger partial charge in [0.05, 0.1) is 0 Å². The van der Waals surface area contributed by atoms with Crippen LogP contribution in [-0.4, -0.2) is 32.1 Å². The van der Waals surface area contributed by atoms with Crippen LogP contribution >= 0.6 is 0 Å². The molecule has 5 rings (SSSR count). The molecule has 0 radical (unpaired) electrons. The third-order valence-corrected chi connectivity index (χ3v) is 8.25. The summed E-state index contributed by atoms with van der Waals surface area (Å²) in [5.41, 5.74) is 4.21. The second-order valence-electron chi connectivity index (χ2n) is 11.1. The van der Waals surface area contributed by atoms with Crippen molar-refractivity contribution >= 4 is 11.6 Å². The third-order valence-electron chi connectivity index (χ3n) is 8.25. The van der Waals surface area contributed by atoms with Gasteiger partial charge >= 0.3 is 0 Å². The summed E-state index contributed by atoms with van der Waals surface area (Å²) in [7, 11) is 0. The molecule has 40 heavy (non-hydrogen) atoms. The molecule has 0 spiro atoms. The summed E-state index contributed by atoms with van der Waals surface area (Å²) in [4.78, 5) is 12.8. The summed E-state index contributed by atoms with van der Waals surface area (Å²) < 4.78 is 46.4. The van der Waals surface area contributed by atoms with Gasteiger partial charge in [-0.25, -0.2) is 13.2 Å². The minimum Gasteiger partial charge on any atom is -0.454 e. The maximum absolute atomic E-state index is 14.0. The molecule has 2 saturated heterocycles. The lowest BCUT2D eigenvalue weighted by Gasteiger charge is -2.40. The minimum atomic E-state index is -1.26. The number of hydrogen-bond acceptors (Lipinski definition) is 4. The number of halogens is 3. The molecule has 1 amide bonds. The molecular formula is C32H36F3N3O2. The Bertz CT molecular complexity index is 1330. The number of benzene rings is 3. The van der Waals surface area contributed by atoms with Crippen molar-refractivity contribution in [1.82, 2.24) is 10.6 Å².